The third-order valence-corrected chi connectivity index (χ3v) is 6.43. The number of piperazine rings is 1. The first-order valence-electron chi connectivity index (χ1n) is 11.5. The van der Waals surface area contributed by atoms with Gasteiger partial charge in [-0.05, 0) is 37.7 Å². The van der Waals surface area contributed by atoms with E-state index in [-0.39, 0.29) is 24.0 Å². The minimum Gasteiger partial charge on any atom is -0.382 e. The molecule has 0 aromatic carbocycles. The van der Waals surface area contributed by atoms with Gasteiger partial charge in [0.1, 0.15) is 0 Å². The van der Waals surface area contributed by atoms with Crippen molar-refractivity contribution >= 4 is 35.9 Å². The van der Waals surface area contributed by atoms with Gasteiger partial charge in [0.25, 0.3) is 0 Å². The number of aliphatic imine (C=N–C) groups is 1. The third kappa shape index (κ3) is 8.34. The maximum Gasteiger partial charge on any atom is 0.225 e. The molecule has 3 rings (SSSR count). The molecule has 176 valence electrons. The number of halogens is 1. The lowest BCUT2D eigenvalue weighted by atomic mass is 9.83. The summed E-state index contributed by atoms with van der Waals surface area (Å²) in [5.41, 5.74) is 0.364. The fourth-order valence-corrected chi connectivity index (χ4v) is 4.52. The molecule has 9 heteroatoms. The molecule has 2 aliphatic rings. The van der Waals surface area contributed by atoms with Gasteiger partial charge < -0.3 is 20.3 Å². The van der Waals surface area contributed by atoms with Crippen molar-refractivity contribution in [3.63, 3.8) is 0 Å². The number of aromatic nitrogens is 2. The lowest BCUT2D eigenvalue weighted by molar-refractivity contribution is 0.105. The van der Waals surface area contributed by atoms with Crippen LogP contribution in [0.25, 0.3) is 0 Å². The van der Waals surface area contributed by atoms with Crippen LogP contribution < -0.4 is 15.5 Å². The molecule has 1 aromatic rings. The topological polar surface area (TPSA) is 77.9 Å². The minimum absolute atomic E-state index is 0. The van der Waals surface area contributed by atoms with E-state index in [1.807, 2.05) is 25.5 Å². The van der Waals surface area contributed by atoms with Gasteiger partial charge in [0.05, 0.1) is 0 Å². The van der Waals surface area contributed by atoms with E-state index >= 15 is 0 Å². The summed E-state index contributed by atoms with van der Waals surface area (Å²) in [7, 11) is 1.86. The van der Waals surface area contributed by atoms with Crippen LogP contribution in [0, 0.1) is 5.41 Å². The van der Waals surface area contributed by atoms with Crippen molar-refractivity contribution in [2.75, 3.05) is 71.0 Å². The highest BCUT2D eigenvalue weighted by atomic mass is 127. The van der Waals surface area contributed by atoms with Gasteiger partial charge in [-0.1, -0.05) is 12.8 Å². The van der Waals surface area contributed by atoms with Gasteiger partial charge in [0.2, 0.25) is 5.95 Å². The van der Waals surface area contributed by atoms with Gasteiger partial charge in [-0.15, -0.1) is 24.0 Å². The standard InChI is InChI=1S/C22H39N7O.HI/c1-3-30-18-9-22(7-4-5-8-22)19-27-20(23-2)24-12-13-28-14-16-29(17-15-28)21-25-10-6-11-26-21;/h6,10-11H,3-5,7-9,12-19H2,1-2H3,(H2,23,24,27);1H. The Morgan fingerprint density at radius 1 is 1.13 bits per heavy atom. The summed E-state index contributed by atoms with van der Waals surface area (Å²) in [6.45, 7) is 10.6. The number of rotatable bonds is 10. The van der Waals surface area contributed by atoms with Crippen LogP contribution >= 0.6 is 24.0 Å². The van der Waals surface area contributed by atoms with Crippen molar-refractivity contribution in [3.8, 4) is 0 Å². The number of guanidine groups is 1. The Hall–Kier alpha value is -1.20. The van der Waals surface area contributed by atoms with E-state index in [0.29, 0.717) is 5.41 Å². The summed E-state index contributed by atoms with van der Waals surface area (Å²) < 4.78 is 5.63. The molecule has 0 spiro atoms. The van der Waals surface area contributed by atoms with Crippen LogP contribution in [0.2, 0.25) is 0 Å². The average molecular weight is 546 g/mol. The summed E-state index contributed by atoms with van der Waals surface area (Å²) in [6, 6.07) is 1.86. The number of nitrogens with one attached hydrogen (secondary N) is 2. The minimum atomic E-state index is 0. The van der Waals surface area contributed by atoms with E-state index in [1.54, 1.807) is 0 Å². The van der Waals surface area contributed by atoms with Crippen LogP contribution in [-0.4, -0.2) is 86.9 Å². The fourth-order valence-electron chi connectivity index (χ4n) is 4.52. The Balaban J connectivity index is 0.00000341. The summed E-state index contributed by atoms with van der Waals surface area (Å²) in [5, 5.41) is 7.08. The van der Waals surface area contributed by atoms with Crippen molar-refractivity contribution in [2.45, 2.75) is 39.0 Å². The number of hydrogen-bond acceptors (Lipinski definition) is 6. The first-order valence-corrected chi connectivity index (χ1v) is 11.5. The quantitative estimate of drug-likeness (QED) is 0.202. The van der Waals surface area contributed by atoms with Crippen LogP contribution in [-0.2, 0) is 4.74 Å². The van der Waals surface area contributed by atoms with Crippen molar-refractivity contribution in [2.24, 2.45) is 10.4 Å². The van der Waals surface area contributed by atoms with Crippen molar-refractivity contribution < 1.29 is 4.74 Å². The summed E-state index contributed by atoms with van der Waals surface area (Å²) in [5.74, 6) is 1.75. The first kappa shape index (κ1) is 26.1. The van der Waals surface area contributed by atoms with Crippen molar-refractivity contribution in [1.29, 1.82) is 0 Å². The Kier molecular flexibility index (Phi) is 11.8. The fraction of sp³-hybridized carbons (Fsp3) is 0.773. The maximum absolute atomic E-state index is 5.63. The number of ether oxygens (including phenoxy) is 1. The molecule has 0 unspecified atom stereocenters. The molecule has 1 saturated carbocycles. The molecule has 0 atom stereocenters. The SMILES string of the molecule is CCOCCC1(CNC(=NC)NCCN2CCN(c3ncccn3)CC2)CCCC1.I. The first-order chi connectivity index (χ1) is 14.7. The van der Waals surface area contributed by atoms with E-state index in [1.165, 1.54) is 25.7 Å². The number of nitrogens with zero attached hydrogens (tertiary/aromatic N) is 5. The van der Waals surface area contributed by atoms with Crippen LogP contribution in [0.3, 0.4) is 0 Å². The average Bonchev–Trinajstić information content (AvgIpc) is 3.26. The van der Waals surface area contributed by atoms with E-state index in [0.717, 1.165) is 77.4 Å². The molecule has 8 nitrogen and oxygen atoms in total. The highest BCUT2D eigenvalue weighted by molar-refractivity contribution is 14.0. The molecule has 2 heterocycles. The summed E-state index contributed by atoms with van der Waals surface area (Å²) >= 11 is 0. The Morgan fingerprint density at radius 3 is 2.48 bits per heavy atom. The van der Waals surface area contributed by atoms with Gasteiger partial charge >= 0.3 is 0 Å². The Morgan fingerprint density at radius 2 is 1.84 bits per heavy atom. The predicted octanol–water partition coefficient (Wildman–Crippen LogP) is 2.37. The smallest absolute Gasteiger partial charge is 0.225 e. The van der Waals surface area contributed by atoms with Crippen molar-refractivity contribution in [3.05, 3.63) is 18.5 Å². The van der Waals surface area contributed by atoms with Gasteiger partial charge in [-0.2, -0.15) is 0 Å². The van der Waals surface area contributed by atoms with Crippen LogP contribution in [0.5, 0.6) is 0 Å². The largest absolute Gasteiger partial charge is 0.382 e. The van der Waals surface area contributed by atoms with Crippen molar-refractivity contribution in [1.82, 2.24) is 25.5 Å². The van der Waals surface area contributed by atoms with Crippen LogP contribution in [0.4, 0.5) is 5.95 Å². The molecular formula is C22H40IN7O. The van der Waals surface area contributed by atoms with E-state index in [2.05, 4.69) is 42.3 Å². The second-order valence-electron chi connectivity index (χ2n) is 8.38. The second kappa shape index (κ2) is 14.1. The Bertz CT molecular complexity index is 632. The number of anilines is 1. The van der Waals surface area contributed by atoms with Crippen LogP contribution in [0.15, 0.2) is 23.5 Å². The molecule has 1 aliphatic carbocycles. The zero-order valence-corrected chi connectivity index (χ0v) is 21.5. The highest BCUT2D eigenvalue weighted by Crippen LogP contribution is 2.40. The Labute approximate surface area is 204 Å². The zero-order valence-electron chi connectivity index (χ0n) is 19.2. The number of hydrogen-bond donors (Lipinski definition) is 2. The second-order valence-corrected chi connectivity index (χ2v) is 8.38. The monoisotopic (exact) mass is 545 g/mol. The summed E-state index contributed by atoms with van der Waals surface area (Å²) in [4.78, 5) is 17.9. The molecule has 0 amide bonds. The van der Waals surface area contributed by atoms with E-state index in [9.17, 15) is 0 Å². The lowest BCUT2D eigenvalue weighted by Crippen LogP contribution is -2.50. The highest BCUT2D eigenvalue weighted by Gasteiger charge is 2.33. The van der Waals surface area contributed by atoms with E-state index in [4.69, 9.17) is 4.74 Å². The molecule has 2 N–H and O–H groups in total. The zero-order chi connectivity index (χ0) is 21.1. The molecule has 31 heavy (non-hydrogen) atoms. The van der Waals surface area contributed by atoms with Gasteiger partial charge in [0.15, 0.2) is 5.96 Å². The lowest BCUT2D eigenvalue weighted by Gasteiger charge is -2.34. The molecule has 0 bridgehead atoms. The van der Waals surface area contributed by atoms with Gasteiger partial charge in [-0.25, -0.2) is 9.97 Å². The normalized spacial score (nSPS) is 19.2. The maximum atomic E-state index is 5.63. The van der Waals surface area contributed by atoms with E-state index < -0.39 is 0 Å². The molecule has 1 saturated heterocycles. The third-order valence-electron chi connectivity index (χ3n) is 6.43. The molecular weight excluding hydrogens is 505 g/mol. The summed E-state index contributed by atoms with van der Waals surface area (Å²) in [6.07, 6.45) is 10.0. The van der Waals surface area contributed by atoms with Gasteiger partial charge in [0, 0.05) is 78.5 Å². The van der Waals surface area contributed by atoms with Gasteiger partial charge in [-0.3, -0.25) is 9.89 Å². The molecule has 0 radical (unpaired) electrons. The predicted molar refractivity (Wildman–Crippen MR) is 137 cm³/mol. The molecule has 1 aromatic heterocycles. The molecule has 2 fully saturated rings. The van der Waals surface area contributed by atoms with Crippen LogP contribution in [0.1, 0.15) is 39.0 Å². The molecule has 1 aliphatic heterocycles.